The lowest BCUT2D eigenvalue weighted by Crippen LogP contribution is -2.52. The number of hydrogen-bond acceptors (Lipinski definition) is 2. The summed E-state index contributed by atoms with van der Waals surface area (Å²) in [7, 11) is 0. The minimum Gasteiger partial charge on any atom is -0.337 e. The van der Waals surface area contributed by atoms with Crippen molar-refractivity contribution in [3.05, 3.63) is 102 Å². The topological polar surface area (TPSA) is 29.5 Å². The molecule has 0 radical (unpaired) electrons. The van der Waals surface area contributed by atoms with Gasteiger partial charge in [-0.25, -0.2) is 0 Å². The summed E-state index contributed by atoms with van der Waals surface area (Å²) in [5.41, 5.74) is 3.29. The molecule has 3 aromatic carbocycles. The number of amides is 1. The Morgan fingerprint density at radius 1 is 0.893 bits per heavy atom. The fourth-order valence-corrected chi connectivity index (χ4v) is 4.22. The van der Waals surface area contributed by atoms with E-state index in [1.165, 1.54) is 0 Å². The molecule has 3 heteroatoms. The third-order valence-corrected chi connectivity index (χ3v) is 5.38. The molecule has 0 saturated carbocycles. The van der Waals surface area contributed by atoms with E-state index in [1.807, 2.05) is 59.5 Å². The van der Waals surface area contributed by atoms with Crippen molar-refractivity contribution in [3.63, 3.8) is 0 Å². The highest BCUT2D eigenvalue weighted by molar-refractivity contribution is 5.94. The second-order valence-corrected chi connectivity index (χ2v) is 7.18. The van der Waals surface area contributed by atoms with E-state index >= 15 is 0 Å². The van der Waals surface area contributed by atoms with Gasteiger partial charge in [-0.2, -0.15) is 0 Å². The highest BCUT2D eigenvalue weighted by Crippen LogP contribution is 2.49. The van der Waals surface area contributed by atoms with Gasteiger partial charge in [0.05, 0.1) is 5.69 Å². The Balaban J connectivity index is 2.05. The molecule has 0 bridgehead atoms. The number of para-hydroxylation sites is 1. The summed E-state index contributed by atoms with van der Waals surface area (Å²) in [6, 6.07) is 28.7. The van der Waals surface area contributed by atoms with Crippen LogP contribution >= 0.6 is 0 Å². The number of benzene rings is 3. The molecule has 1 atom stereocenters. The Morgan fingerprint density at radius 2 is 1.43 bits per heavy atom. The molecule has 0 aliphatic carbocycles. The number of carbonyl (C=O) groups is 1. The molecule has 1 aliphatic heterocycles. The van der Waals surface area contributed by atoms with Crippen molar-refractivity contribution >= 4 is 11.6 Å². The molecule has 0 fully saturated rings. The van der Waals surface area contributed by atoms with Crippen LogP contribution in [-0.4, -0.2) is 12.1 Å². The summed E-state index contributed by atoms with van der Waals surface area (Å²) in [6.07, 6.45) is 1.38. The molecule has 142 valence electrons. The van der Waals surface area contributed by atoms with E-state index in [1.54, 1.807) is 6.92 Å². The summed E-state index contributed by atoms with van der Waals surface area (Å²) >= 11 is 0. The van der Waals surface area contributed by atoms with Crippen LogP contribution in [0.2, 0.25) is 0 Å². The van der Waals surface area contributed by atoms with Gasteiger partial charge in [-0.1, -0.05) is 92.2 Å². The monoisotopic (exact) mass is 371 g/mol. The maximum Gasteiger partial charge on any atom is 0.225 e. The smallest absolute Gasteiger partial charge is 0.225 e. The summed E-state index contributed by atoms with van der Waals surface area (Å²) in [6.45, 7) is 3.73. The predicted octanol–water partition coefficient (Wildman–Crippen LogP) is 5.49. The summed E-state index contributed by atoms with van der Waals surface area (Å²) in [5, 5.41) is 0. The van der Waals surface area contributed by atoms with E-state index in [0.29, 0.717) is 0 Å². The number of rotatable bonds is 4. The number of ether oxygens (including phenoxy) is 1. The molecule has 0 spiro atoms. The first-order valence-electron chi connectivity index (χ1n) is 9.86. The number of hydrogen-bond donors (Lipinski definition) is 0. The number of nitrogens with zero attached hydrogens (tertiary/aromatic N) is 1. The molecule has 0 N–H and O–H groups in total. The van der Waals surface area contributed by atoms with Crippen molar-refractivity contribution < 1.29 is 9.53 Å². The van der Waals surface area contributed by atoms with Gasteiger partial charge in [-0.05, 0) is 23.6 Å². The molecule has 1 aliphatic rings. The van der Waals surface area contributed by atoms with Crippen LogP contribution in [0.1, 0.15) is 43.4 Å². The Hall–Kier alpha value is -2.91. The lowest BCUT2D eigenvalue weighted by Gasteiger charge is -2.48. The van der Waals surface area contributed by atoms with Gasteiger partial charge in [-0.15, -0.1) is 0 Å². The third-order valence-electron chi connectivity index (χ3n) is 5.38. The quantitative estimate of drug-likeness (QED) is 0.607. The number of carbonyl (C=O) groups excluding carboxylic acids is 1. The highest BCUT2D eigenvalue weighted by atomic mass is 16.5. The Kier molecular flexibility index (Phi) is 5.01. The van der Waals surface area contributed by atoms with Gasteiger partial charge in [0, 0.05) is 12.5 Å². The van der Waals surface area contributed by atoms with Crippen LogP contribution in [0.3, 0.4) is 0 Å². The maximum atomic E-state index is 12.6. The van der Waals surface area contributed by atoms with Crippen molar-refractivity contribution in [3.8, 4) is 0 Å². The predicted molar refractivity (Wildman–Crippen MR) is 112 cm³/mol. The van der Waals surface area contributed by atoms with Crippen LogP contribution in [0.5, 0.6) is 0 Å². The molecule has 1 amide bonds. The van der Waals surface area contributed by atoms with Gasteiger partial charge in [0.2, 0.25) is 5.91 Å². The average Bonchev–Trinajstić information content (AvgIpc) is 2.74. The first-order chi connectivity index (χ1) is 13.7. The van der Waals surface area contributed by atoms with Crippen LogP contribution < -0.4 is 4.90 Å². The van der Waals surface area contributed by atoms with Crippen LogP contribution in [-0.2, 0) is 15.1 Å². The largest absolute Gasteiger partial charge is 0.337 e. The summed E-state index contributed by atoms with van der Waals surface area (Å²) in [5.74, 6) is 0.000577. The van der Waals surface area contributed by atoms with Crippen molar-refractivity contribution in [2.24, 2.45) is 0 Å². The van der Waals surface area contributed by atoms with Gasteiger partial charge >= 0.3 is 0 Å². The molecule has 1 unspecified atom stereocenters. The zero-order chi connectivity index (χ0) is 19.6. The van der Waals surface area contributed by atoms with E-state index in [4.69, 9.17) is 4.74 Å². The first-order valence-corrected chi connectivity index (χ1v) is 9.86. The minimum absolute atomic E-state index is 0.000577. The lowest BCUT2D eigenvalue weighted by molar-refractivity contribution is -0.124. The maximum absolute atomic E-state index is 12.6. The van der Waals surface area contributed by atoms with Gasteiger partial charge in [0.1, 0.15) is 11.8 Å². The van der Waals surface area contributed by atoms with Crippen LogP contribution in [0.15, 0.2) is 84.9 Å². The van der Waals surface area contributed by atoms with Gasteiger partial charge < -0.3 is 4.74 Å². The zero-order valence-corrected chi connectivity index (χ0v) is 16.3. The van der Waals surface area contributed by atoms with Gasteiger partial charge in [0.15, 0.2) is 0 Å². The summed E-state index contributed by atoms with van der Waals surface area (Å²) in [4.78, 5) is 14.4. The molecular formula is C25H25NO2. The zero-order valence-electron chi connectivity index (χ0n) is 16.3. The standard InChI is InChI=1S/C25H25NO2/c1-3-12-24-26(19(2)27)23-18-11-10-17-22(23)25(28-24,20-13-6-4-7-14-20)21-15-8-5-9-16-21/h4-11,13-18,24H,3,12H2,1-2H3. The second-order valence-electron chi connectivity index (χ2n) is 7.18. The van der Waals surface area contributed by atoms with Gasteiger partial charge in [0.25, 0.3) is 0 Å². The van der Waals surface area contributed by atoms with Crippen molar-refractivity contribution in [1.29, 1.82) is 0 Å². The van der Waals surface area contributed by atoms with E-state index < -0.39 is 5.60 Å². The Bertz CT molecular complexity index is 913. The third kappa shape index (κ3) is 2.92. The molecule has 0 saturated heterocycles. The van der Waals surface area contributed by atoms with Crippen LogP contribution in [0.4, 0.5) is 5.69 Å². The fourth-order valence-electron chi connectivity index (χ4n) is 4.22. The number of fused-ring (bicyclic) bond motifs is 1. The molecule has 0 aromatic heterocycles. The molecule has 3 aromatic rings. The first kappa shape index (κ1) is 18.5. The Morgan fingerprint density at radius 3 is 1.96 bits per heavy atom. The Labute approximate surface area is 166 Å². The van der Waals surface area contributed by atoms with Crippen molar-refractivity contribution in [2.75, 3.05) is 4.90 Å². The molecule has 28 heavy (non-hydrogen) atoms. The minimum atomic E-state index is -0.759. The van der Waals surface area contributed by atoms with E-state index in [-0.39, 0.29) is 12.1 Å². The average molecular weight is 371 g/mol. The normalized spacial score (nSPS) is 17.8. The van der Waals surface area contributed by atoms with Crippen molar-refractivity contribution in [1.82, 2.24) is 0 Å². The highest BCUT2D eigenvalue weighted by Gasteiger charge is 2.47. The SMILES string of the molecule is CCCC1OC(c2ccccc2)(c2ccccc2)c2ccccc2N1C(C)=O. The van der Waals surface area contributed by atoms with E-state index in [2.05, 4.69) is 37.3 Å². The van der Waals surface area contributed by atoms with Gasteiger partial charge in [-0.3, -0.25) is 9.69 Å². The van der Waals surface area contributed by atoms with E-state index in [0.717, 1.165) is 35.2 Å². The van der Waals surface area contributed by atoms with E-state index in [9.17, 15) is 4.79 Å². The van der Waals surface area contributed by atoms with Crippen LogP contribution in [0, 0.1) is 0 Å². The summed E-state index contributed by atoms with van der Waals surface area (Å²) < 4.78 is 6.89. The molecular weight excluding hydrogens is 346 g/mol. The molecule has 1 heterocycles. The second kappa shape index (κ2) is 7.61. The lowest BCUT2D eigenvalue weighted by atomic mass is 9.78. The molecule has 3 nitrogen and oxygen atoms in total. The van der Waals surface area contributed by atoms with Crippen molar-refractivity contribution in [2.45, 2.75) is 38.5 Å². The molecule has 4 rings (SSSR count). The van der Waals surface area contributed by atoms with Crippen LogP contribution in [0.25, 0.3) is 0 Å². The fraction of sp³-hybridized carbons (Fsp3) is 0.240. The number of anilines is 1.